The maximum atomic E-state index is 13.7. The van der Waals surface area contributed by atoms with Crippen LogP contribution in [0.25, 0.3) is 10.9 Å². The van der Waals surface area contributed by atoms with E-state index in [1.807, 2.05) is 37.3 Å². The standard InChI is InChI=1S/C26H23ClFN3O2/c1-15-21(27)4-3-5-22(15)30-26(32)31-13-12-19-20-14-18(33-2)10-11-23(20)29-24(19)25(31)16-6-8-17(28)9-7-16/h3-11,14,25,29H,12-13H2,1-2H3,(H,30,32)/t25-/m1/s1. The first-order chi connectivity index (χ1) is 16.0. The van der Waals surface area contributed by atoms with Crippen LogP contribution in [0.3, 0.4) is 0 Å². The van der Waals surface area contributed by atoms with Gasteiger partial charge in [-0.05, 0) is 72.5 Å². The molecule has 7 heteroatoms. The molecule has 1 aliphatic heterocycles. The van der Waals surface area contributed by atoms with E-state index >= 15 is 0 Å². The zero-order valence-electron chi connectivity index (χ0n) is 18.3. The van der Waals surface area contributed by atoms with Crippen LogP contribution < -0.4 is 10.1 Å². The van der Waals surface area contributed by atoms with E-state index in [1.165, 1.54) is 12.1 Å². The average Bonchev–Trinajstić information content (AvgIpc) is 3.20. The number of nitrogens with one attached hydrogen (secondary N) is 2. The third-order valence-electron chi connectivity index (χ3n) is 6.29. The predicted molar refractivity (Wildman–Crippen MR) is 129 cm³/mol. The molecule has 168 valence electrons. The second-order valence-electron chi connectivity index (χ2n) is 8.17. The van der Waals surface area contributed by atoms with Crippen LogP contribution in [0.2, 0.25) is 5.02 Å². The summed E-state index contributed by atoms with van der Waals surface area (Å²) in [6, 6.07) is 17.0. The lowest BCUT2D eigenvalue weighted by atomic mass is 9.92. The van der Waals surface area contributed by atoms with Crippen LogP contribution in [0.4, 0.5) is 14.9 Å². The van der Waals surface area contributed by atoms with Gasteiger partial charge in [0.1, 0.15) is 11.6 Å². The number of fused-ring (bicyclic) bond motifs is 3. The van der Waals surface area contributed by atoms with Gasteiger partial charge >= 0.3 is 6.03 Å². The summed E-state index contributed by atoms with van der Waals surface area (Å²) >= 11 is 6.24. The van der Waals surface area contributed by atoms with E-state index in [1.54, 1.807) is 30.2 Å². The molecule has 0 aliphatic carbocycles. The third-order valence-corrected chi connectivity index (χ3v) is 6.70. The molecule has 1 atom stereocenters. The Bertz CT molecular complexity index is 1350. The lowest BCUT2D eigenvalue weighted by molar-refractivity contribution is 0.193. The Morgan fingerprint density at radius 1 is 1.18 bits per heavy atom. The van der Waals surface area contributed by atoms with Gasteiger partial charge < -0.3 is 19.9 Å². The molecule has 2 N–H and O–H groups in total. The molecule has 0 saturated heterocycles. The molecule has 1 aromatic heterocycles. The Kier molecular flexibility index (Phi) is 5.46. The summed E-state index contributed by atoms with van der Waals surface area (Å²) in [6.07, 6.45) is 0.683. The largest absolute Gasteiger partial charge is 0.497 e. The summed E-state index contributed by atoms with van der Waals surface area (Å²) < 4.78 is 19.1. The molecule has 5 rings (SSSR count). The topological polar surface area (TPSA) is 57.4 Å². The Labute approximate surface area is 196 Å². The first-order valence-electron chi connectivity index (χ1n) is 10.7. The lowest BCUT2D eigenvalue weighted by Gasteiger charge is -2.36. The van der Waals surface area contributed by atoms with Gasteiger partial charge in [-0.15, -0.1) is 0 Å². The van der Waals surface area contributed by atoms with Gasteiger partial charge in [0.15, 0.2) is 0 Å². The highest BCUT2D eigenvalue weighted by Gasteiger charge is 2.35. The minimum atomic E-state index is -0.396. The number of H-pyrrole nitrogens is 1. The summed E-state index contributed by atoms with van der Waals surface area (Å²) in [5, 5.41) is 4.67. The van der Waals surface area contributed by atoms with Crippen LogP contribution in [0.5, 0.6) is 5.75 Å². The van der Waals surface area contributed by atoms with Gasteiger partial charge in [-0.2, -0.15) is 0 Å². The number of carbonyl (C=O) groups excluding carboxylic acids is 1. The summed E-state index contributed by atoms with van der Waals surface area (Å²) in [5.41, 5.74) is 5.34. The normalized spacial score (nSPS) is 15.4. The molecule has 0 fully saturated rings. The van der Waals surface area contributed by atoms with Gasteiger partial charge in [0.05, 0.1) is 13.2 Å². The zero-order chi connectivity index (χ0) is 23.1. The van der Waals surface area contributed by atoms with Gasteiger partial charge in [-0.25, -0.2) is 9.18 Å². The highest BCUT2D eigenvalue weighted by Crippen LogP contribution is 2.40. The molecule has 4 aromatic rings. The summed E-state index contributed by atoms with van der Waals surface area (Å²) in [7, 11) is 1.64. The molecular weight excluding hydrogens is 441 g/mol. The summed E-state index contributed by atoms with van der Waals surface area (Å²) in [5.74, 6) is 0.459. The van der Waals surface area contributed by atoms with Crippen LogP contribution in [0.1, 0.15) is 28.4 Å². The molecule has 0 bridgehead atoms. The molecule has 5 nitrogen and oxygen atoms in total. The third kappa shape index (κ3) is 3.80. The minimum Gasteiger partial charge on any atom is -0.497 e. The van der Waals surface area contributed by atoms with Crippen molar-refractivity contribution in [3.05, 3.63) is 93.9 Å². The highest BCUT2D eigenvalue weighted by atomic mass is 35.5. The number of anilines is 1. The molecule has 0 spiro atoms. The number of methoxy groups -OCH3 is 1. The molecule has 33 heavy (non-hydrogen) atoms. The molecule has 0 radical (unpaired) electrons. The van der Waals surface area contributed by atoms with Crippen LogP contribution in [-0.2, 0) is 6.42 Å². The van der Waals surface area contributed by atoms with Gasteiger partial charge in [-0.3, -0.25) is 0 Å². The monoisotopic (exact) mass is 463 g/mol. The minimum absolute atomic E-state index is 0.239. The Hall–Kier alpha value is -3.51. The van der Waals surface area contributed by atoms with Crippen molar-refractivity contribution < 1.29 is 13.9 Å². The van der Waals surface area contributed by atoms with Crippen LogP contribution in [-0.4, -0.2) is 29.6 Å². The number of rotatable bonds is 3. The zero-order valence-corrected chi connectivity index (χ0v) is 19.0. The molecule has 3 aromatic carbocycles. The number of aromatic amines is 1. The SMILES string of the molecule is COc1ccc2[nH]c3c(c2c1)CCN(C(=O)Nc1cccc(Cl)c1C)[C@@H]3c1ccc(F)cc1. The molecule has 1 aliphatic rings. The molecule has 2 amide bonds. The number of carbonyl (C=O) groups is 1. The fourth-order valence-corrected chi connectivity index (χ4v) is 4.71. The number of hydrogen-bond donors (Lipinski definition) is 2. The van der Waals surface area contributed by atoms with Crippen molar-refractivity contribution >= 4 is 34.2 Å². The van der Waals surface area contributed by atoms with Crippen molar-refractivity contribution in [3.63, 3.8) is 0 Å². The average molecular weight is 464 g/mol. The maximum absolute atomic E-state index is 13.7. The number of benzene rings is 3. The van der Waals surface area contributed by atoms with E-state index in [-0.39, 0.29) is 11.8 Å². The van der Waals surface area contributed by atoms with Crippen molar-refractivity contribution in [1.29, 1.82) is 0 Å². The number of ether oxygens (including phenoxy) is 1. The molecule has 0 saturated carbocycles. The summed E-state index contributed by atoms with van der Waals surface area (Å²) in [4.78, 5) is 18.8. The number of hydrogen-bond acceptors (Lipinski definition) is 2. The van der Waals surface area contributed by atoms with Crippen LogP contribution >= 0.6 is 11.6 Å². The molecule has 0 unspecified atom stereocenters. The van der Waals surface area contributed by atoms with E-state index in [4.69, 9.17) is 16.3 Å². The fourth-order valence-electron chi connectivity index (χ4n) is 4.53. The van der Waals surface area contributed by atoms with Gasteiger partial charge in [0.2, 0.25) is 0 Å². The first-order valence-corrected chi connectivity index (χ1v) is 11.1. The van der Waals surface area contributed by atoms with E-state index in [9.17, 15) is 9.18 Å². The number of halogens is 2. The van der Waals surface area contributed by atoms with E-state index in [0.29, 0.717) is 23.7 Å². The summed E-state index contributed by atoms with van der Waals surface area (Å²) in [6.45, 7) is 2.37. The predicted octanol–water partition coefficient (Wildman–Crippen LogP) is 6.46. The van der Waals surface area contributed by atoms with E-state index in [0.717, 1.165) is 39.0 Å². The van der Waals surface area contributed by atoms with Gasteiger partial charge in [0, 0.05) is 33.9 Å². The molecule has 2 heterocycles. The van der Waals surface area contributed by atoms with Crippen LogP contribution in [0, 0.1) is 12.7 Å². The fraction of sp³-hybridized carbons (Fsp3) is 0.192. The second kappa shape index (κ2) is 8.45. The van der Waals surface area contributed by atoms with Crippen molar-refractivity contribution in [1.82, 2.24) is 9.88 Å². The van der Waals surface area contributed by atoms with Gasteiger partial charge in [0.25, 0.3) is 0 Å². The second-order valence-corrected chi connectivity index (χ2v) is 8.58. The number of nitrogens with zero attached hydrogens (tertiary/aromatic N) is 1. The number of amides is 2. The quantitative estimate of drug-likeness (QED) is 0.366. The van der Waals surface area contributed by atoms with Crippen LogP contribution in [0.15, 0.2) is 60.7 Å². The number of aromatic nitrogens is 1. The maximum Gasteiger partial charge on any atom is 0.322 e. The number of urea groups is 1. The van der Waals surface area contributed by atoms with Crippen molar-refractivity contribution in [2.45, 2.75) is 19.4 Å². The van der Waals surface area contributed by atoms with Crippen molar-refractivity contribution in [2.24, 2.45) is 0 Å². The highest BCUT2D eigenvalue weighted by molar-refractivity contribution is 6.31. The van der Waals surface area contributed by atoms with E-state index < -0.39 is 6.04 Å². The van der Waals surface area contributed by atoms with Crippen molar-refractivity contribution in [2.75, 3.05) is 19.0 Å². The Balaban J connectivity index is 1.59. The lowest BCUT2D eigenvalue weighted by Crippen LogP contribution is -2.43. The Morgan fingerprint density at radius 3 is 2.73 bits per heavy atom. The molecular formula is C26H23ClFN3O2. The first kappa shape index (κ1) is 21.3. The van der Waals surface area contributed by atoms with Gasteiger partial charge in [-0.1, -0.05) is 29.8 Å². The smallest absolute Gasteiger partial charge is 0.322 e. The Morgan fingerprint density at radius 2 is 1.97 bits per heavy atom. The van der Waals surface area contributed by atoms with E-state index in [2.05, 4.69) is 10.3 Å². The van der Waals surface area contributed by atoms with Crippen molar-refractivity contribution in [3.8, 4) is 5.75 Å².